The van der Waals surface area contributed by atoms with Crippen LogP contribution in [0.25, 0.3) is 0 Å². The number of hydrogen-bond donors (Lipinski definition) is 2. The maximum Gasteiger partial charge on any atom is 0.407 e. The quantitative estimate of drug-likeness (QED) is 0.678. The molecule has 2 N–H and O–H groups in total. The van der Waals surface area contributed by atoms with E-state index in [2.05, 4.69) is 5.32 Å². The summed E-state index contributed by atoms with van der Waals surface area (Å²) in [5, 5.41) is 12.4. The second-order valence-electron chi connectivity index (χ2n) is 5.58. The molecule has 94 valence electrons. The van der Waals surface area contributed by atoms with Gasteiger partial charge in [0.2, 0.25) is 0 Å². The van der Waals surface area contributed by atoms with Crippen LogP contribution in [-0.2, 0) is 4.74 Å². The average Bonchev–Trinajstić information content (AvgIpc) is 2.26. The van der Waals surface area contributed by atoms with Crippen LogP contribution in [0.1, 0.15) is 52.9 Å². The molecule has 1 amide bonds. The summed E-state index contributed by atoms with van der Waals surface area (Å²) in [4.78, 5) is 11.5. The van der Waals surface area contributed by atoms with Gasteiger partial charge < -0.3 is 15.2 Å². The summed E-state index contributed by atoms with van der Waals surface area (Å²) in [6, 6.07) is 0. The number of ether oxygens (including phenoxy) is 1. The van der Waals surface area contributed by atoms with Crippen LogP contribution < -0.4 is 5.32 Å². The van der Waals surface area contributed by atoms with E-state index in [-0.39, 0.29) is 23.8 Å². The predicted molar refractivity (Wildman–Crippen MR) is 62.2 cm³/mol. The number of aliphatic hydroxyl groups is 1. The lowest BCUT2D eigenvalue weighted by molar-refractivity contribution is 0.0531. The summed E-state index contributed by atoms with van der Waals surface area (Å²) in [5.74, 6) is 0. The van der Waals surface area contributed by atoms with Crippen molar-refractivity contribution in [3.63, 3.8) is 0 Å². The normalized spacial score (nSPS) is 27.0. The van der Waals surface area contributed by atoms with Gasteiger partial charge in [0.05, 0.1) is 6.10 Å². The van der Waals surface area contributed by atoms with Gasteiger partial charge in [-0.05, 0) is 40.0 Å². The molecule has 2 atom stereocenters. The van der Waals surface area contributed by atoms with E-state index in [1.807, 2.05) is 20.8 Å². The minimum Gasteiger partial charge on any atom is -0.446 e. The highest BCUT2D eigenvalue weighted by Crippen LogP contribution is 2.20. The fraction of sp³-hybridized carbons (Fsp3) is 0.917. The Morgan fingerprint density at radius 3 is 2.56 bits per heavy atom. The molecule has 0 heterocycles. The maximum atomic E-state index is 11.5. The first-order valence-electron chi connectivity index (χ1n) is 6.04. The largest absolute Gasteiger partial charge is 0.446 e. The van der Waals surface area contributed by atoms with Crippen molar-refractivity contribution in [3.8, 4) is 0 Å². The van der Waals surface area contributed by atoms with Crippen molar-refractivity contribution in [3.05, 3.63) is 0 Å². The molecule has 0 aliphatic heterocycles. The number of carbonyl (C=O) groups is 1. The van der Waals surface area contributed by atoms with Crippen LogP contribution in [0.4, 0.5) is 4.79 Å². The fourth-order valence-electron chi connectivity index (χ4n) is 1.89. The van der Waals surface area contributed by atoms with E-state index in [9.17, 15) is 9.90 Å². The van der Waals surface area contributed by atoms with E-state index in [1.54, 1.807) is 0 Å². The molecular formula is C12H23NO3. The maximum absolute atomic E-state index is 11.5. The SMILES string of the molecule is CC(C)(C)NC(=O)OC1CCCCC(O)C1. The van der Waals surface area contributed by atoms with Crippen molar-refractivity contribution in [2.75, 3.05) is 0 Å². The Morgan fingerprint density at radius 1 is 1.31 bits per heavy atom. The van der Waals surface area contributed by atoms with Gasteiger partial charge in [-0.1, -0.05) is 6.42 Å². The van der Waals surface area contributed by atoms with Gasteiger partial charge >= 0.3 is 6.09 Å². The lowest BCUT2D eigenvalue weighted by Crippen LogP contribution is -2.42. The highest BCUT2D eigenvalue weighted by Gasteiger charge is 2.23. The molecule has 1 aliphatic carbocycles. The number of hydrogen-bond acceptors (Lipinski definition) is 3. The molecule has 2 unspecified atom stereocenters. The van der Waals surface area contributed by atoms with Gasteiger partial charge in [0.15, 0.2) is 0 Å². The summed E-state index contributed by atoms with van der Waals surface area (Å²) in [6.45, 7) is 5.74. The Morgan fingerprint density at radius 2 is 1.94 bits per heavy atom. The van der Waals surface area contributed by atoms with Crippen LogP contribution >= 0.6 is 0 Å². The van der Waals surface area contributed by atoms with Crippen LogP contribution in [0.2, 0.25) is 0 Å². The van der Waals surface area contributed by atoms with E-state index >= 15 is 0 Å². The molecule has 0 spiro atoms. The van der Waals surface area contributed by atoms with Gasteiger partial charge in [0.25, 0.3) is 0 Å². The zero-order chi connectivity index (χ0) is 12.2. The van der Waals surface area contributed by atoms with Crippen LogP contribution in [-0.4, -0.2) is 28.9 Å². The molecule has 1 saturated carbocycles. The lowest BCUT2D eigenvalue weighted by atomic mass is 10.1. The minimum atomic E-state index is -0.383. The van der Waals surface area contributed by atoms with Gasteiger partial charge in [-0.25, -0.2) is 4.79 Å². The topological polar surface area (TPSA) is 58.6 Å². The summed E-state index contributed by atoms with van der Waals surface area (Å²) < 4.78 is 5.31. The molecule has 0 aromatic heterocycles. The zero-order valence-electron chi connectivity index (χ0n) is 10.5. The van der Waals surface area contributed by atoms with Gasteiger partial charge in [-0.3, -0.25) is 0 Å². The first kappa shape index (κ1) is 13.3. The van der Waals surface area contributed by atoms with Crippen LogP contribution in [0.5, 0.6) is 0 Å². The predicted octanol–water partition coefficient (Wildman–Crippen LogP) is 2.20. The standard InChI is InChI=1S/C12H23NO3/c1-12(2,3)13-11(15)16-10-7-5-4-6-9(14)8-10/h9-10,14H,4-8H2,1-3H3,(H,13,15). The Kier molecular flexibility index (Phi) is 4.59. The third kappa shape index (κ3) is 5.35. The molecular weight excluding hydrogens is 206 g/mol. The van der Waals surface area contributed by atoms with E-state index in [0.29, 0.717) is 6.42 Å². The Hall–Kier alpha value is -0.770. The van der Waals surface area contributed by atoms with Gasteiger partial charge in [-0.2, -0.15) is 0 Å². The molecule has 4 nitrogen and oxygen atoms in total. The molecule has 1 rings (SSSR count). The molecule has 0 radical (unpaired) electrons. The first-order chi connectivity index (χ1) is 7.37. The van der Waals surface area contributed by atoms with Crippen LogP contribution in [0.3, 0.4) is 0 Å². The zero-order valence-corrected chi connectivity index (χ0v) is 10.5. The summed E-state index contributed by atoms with van der Waals surface area (Å²) >= 11 is 0. The summed E-state index contributed by atoms with van der Waals surface area (Å²) in [6.07, 6.45) is 3.43. The van der Waals surface area contributed by atoms with Crippen molar-refractivity contribution in [1.29, 1.82) is 0 Å². The van der Waals surface area contributed by atoms with Crippen molar-refractivity contribution in [1.82, 2.24) is 5.32 Å². The molecule has 0 aromatic rings. The van der Waals surface area contributed by atoms with Crippen molar-refractivity contribution in [2.24, 2.45) is 0 Å². The van der Waals surface area contributed by atoms with E-state index in [0.717, 1.165) is 25.7 Å². The van der Waals surface area contributed by atoms with Crippen molar-refractivity contribution < 1.29 is 14.6 Å². The van der Waals surface area contributed by atoms with E-state index in [4.69, 9.17) is 4.74 Å². The summed E-state index contributed by atoms with van der Waals surface area (Å²) in [5.41, 5.74) is -0.277. The first-order valence-corrected chi connectivity index (χ1v) is 6.04. The highest BCUT2D eigenvalue weighted by atomic mass is 16.6. The monoisotopic (exact) mass is 229 g/mol. The van der Waals surface area contributed by atoms with Crippen molar-refractivity contribution in [2.45, 2.75) is 70.6 Å². The second-order valence-corrected chi connectivity index (χ2v) is 5.58. The number of aliphatic hydroxyl groups excluding tert-OH is 1. The van der Waals surface area contributed by atoms with E-state index in [1.165, 1.54) is 0 Å². The number of amides is 1. The van der Waals surface area contributed by atoms with Gasteiger partial charge in [0, 0.05) is 12.0 Å². The third-order valence-electron chi connectivity index (χ3n) is 2.60. The molecule has 16 heavy (non-hydrogen) atoms. The van der Waals surface area contributed by atoms with E-state index < -0.39 is 0 Å². The van der Waals surface area contributed by atoms with Crippen molar-refractivity contribution >= 4 is 6.09 Å². The molecule has 4 heteroatoms. The van der Waals surface area contributed by atoms with Gasteiger partial charge in [0.1, 0.15) is 6.10 Å². The number of rotatable bonds is 1. The smallest absolute Gasteiger partial charge is 0.407 e. The fourth-order valence-corrected chi connectivity index (χ4v) is 1.89. The average molecular weight is 229 g/mol. The van der Waals surface area contributed by atoms with Crippen LogP contribution in [0, 0.1) is 0 Å². The van der Waals surface area contributed by atoms with Crippen LogP contribution in [0.15, 0.2) is 0 Å². The molecule has 1 fully saturated rings. The lowest BCUT2D eigenvalue weighted by Gasteiger charge is -2.23. The minimum absolute atomic E-state index is 0.139. The van der Waals surface area contributed by atoms with Gasteiger partial charge in [-0.15, -0.1) is 0 Å². The number of carbonyl (C=O) groups excluding carboxylic acids is 1. The Bertz CT molecular complexity index is 235. The third-order valence-corrected chi connectivity index (χ3v) is 2.60. The Labute approximate surface area is 97.4 Å². The number of alkyl carbamates (subject to hydrolysis) is 1. The molecule has 0 bridgehead atoms. The highest BCUT2D eigenvalue weighted by molar-refractivity contribution is 5.68. The number of nitrogens with one attached hydrogen (secondary N) is 1. The molecule has 0 saturated heterocycles. The Balaban J connectivity index is 2.37. The second kappa shape index (κ2) is 5.53. The molecule has 0 aromatic carbocycles. The molecule has 1 aliphatic rings. The summed E-state index contributed by atoms with van der Waals surface area (Å²) in [7, 11) is 0.